The van der Waals surface area contributed by atoms with Crippen LogP contribution in [0.4, 0.5) is 5.95 Å². The van der Waals surface area contributed by atoms with Crippen LogP contribution in [0.15, 0.2) is 77.8 Å². The van der Waals surface area contributed by atoms with E-state index in [9.17, 15) is 0 Å². The molecular formula is C21H15Cl2N3. The lowest BCUT2D eigenvalue weighted by Crippen LogP contribution is -1.99. The molecule has 0 fully saturated rings. The van der Waals surface area contributed by atoms with E-state index >= 15 is 0 Å². The maximum Gasteiger partial charge on any atom is 0.230 e. The molecule has 0 unspecified atom stereocenters. The Labute approximate surface area is 161 Å². The monoisotopic (exact) mass is 379 g/mol. The van der Waals surface area contributed by atoms with Crippen LogP contribution in [0, 0.1) is 0 Å². The molecule has 3 aromatic carbocycles. The summed E-state index contributed by atoms with van der Waals surface area (Å²) >= 11 is 12.1. The zero-order chi connectivity index (χ0) is 17.9. The number of hydrogen-bond donors (Lipinski definition) is 0. The second-order valence-electron chi connectivity index (χ2n) is 5.90. The topological polar surface area (TPSA) is 30.2 Å². The van der Waals surface area contributed by atoms with E-state index in [-0.39, 0.29) is 0 Å². The smallest absolute Gasteiger partial charge is 0.230 e. The van der Waals surface area contributed by atoms with Crippen LogP contribution in [-0.4, -0.2) is 15.8 Å². The molecule has 4 aromatic rings. The van der Waals surface area contributed by atoms with Gasteiger partial charge in [0, 0.05) is 6.21 Å². The van der Waals surface area contributed by atoms with Crippen molar-refractivity contribution in [1.82, 2.24) is 9.55 Å². The van der Waals surface area contributed by atoms with Crippen LogP contribution in [-0.2, 0) is 6.54 Å². The van der Waals surface area contributed by atoms with Crippen molar-refractivity contribution < 1.29 is 0 Å². The molecule has 0 radical (unpaired) electrons. The highest BCUT2D eigenvalue weighted by Gasteiger charge is 2.10. The van der Waals surface area contributed by atoms with Crippen LogP contribution >= 0.6 is 23.2 Å². The second-order valence-corrected chi connectivity index (χ2v) is 6.72. The summed E-state index contributed by atoms with van der Waals surface area (Å²) < 4.78 is 2.11. The Bertz CT molecular complexity index is 1090. The van der Waals surface area contributed by atoms with Gasteiger partial charge in [-0.05, 0) is 35.4 Å². The van der Waals surface area contributed by atoms with Gasteiger partial charge in [-0.3, -0.25) is 0 Å². The first-order chi connectivity index (χ1) is 12.7. The minimum absolute atomic E-state index is 0.508. The predicted molar refractivity (Wildman–Crippen MR) is 109 cm³/mol. The Kier molecular flexibility index (Phi) is 4.74. The van der Waals surface area contributed by atoms with Crippen molar-refractivity contribution in [3.8, 4) is 0 Å². The van der Waals surface area contributed by atoms with E-state index in [1.807, 2.05) is 42.5 Å². The van der Waals surface area contributed by atoms with Gasteiger partial charge in [0.2, 0.25) is 5.95 Å². The van der Waals surface area contributed by atoms with Gasteiger partial charge in [-0.2, -0.15) is 0 Å². The second kappa shape index (κ2) is 7.32. The molecule has 0 atom stereocenters. The Hall–Kier alpha value is -2.62. The first-order valence-corrected chi connectivity index (χ1v) is 8.94. The van der Waals surface area contributed by atoms with Crippen molar-refractivity contribution >= 4 is 46.4 Å². The summed E-state index contributed by atoms with van der Waals surface area (Å²) in [5.74, 6) is 0.654. The van der Waals surface area contributed by atoms with E-state index in [0.29, 0.717) is 22.5 Å². The minimum atomic E-state index is 0.508. The molecule has 0 saturated heterocycles. The summed E-state index contributed by atoms with van der Waals surface area (Å²) in [4.78, 5) is 9.28. The molecule has 3 nitrogen and oxygen atoms in total. The quantitative estimate of drug-likeness (QED) is 0.391. The molecular weight excluding hydrogens is 365 g/mol. The fourth-order valence-corrected chi connectivity index (χ4v) is 3.11. The van der Waals surface area contributed by atoms with Crippen LogP contribution < -0.4 is 0 Å². The van der Waals surface area contributed by atoms with Gasteiger partial charge in [0.1, 0.15) is 0 Å². The van der Waals surface area contributed by atoms with E-state index in [0.717, 1.165) is 16.6 Å². The van der Waals surface area contributed by atoms with E-state index in [2.05, 4.69) is 32.7 Å². The maximum atomic E-state index is 6.08. The fraction of sp³-hybridized carbons (Fsp3) is 0.0476. The summed E-state index contributed by atoms with van der Waals surface area (Å²) in [6.07, 6.45) is 1.75. The van der Waals surface area contributed by atoms with Gasteiger partial charge in [0.25, 0.3) is 0 Å². The highest BCUT2D eigenvalue weighted by atomic mass is 35.5. The molecule has 1 heterocycles. The molecule has 5 heteroatoms. The highest BCUT2D eigenvalue weighted by Crippen LogP contribution is 2.25. The number of fused-ring (bicyclic) bond motifs is 1. The van der Waals surface area contributed by atoms with Crippen LogP contribution in [0.1, 0.15) is 11.1 Å². The molecule has 26 heavy (non-hydrogen) atoms. The Balaban J connectivity index is 1.75. The lowest BCUT2D eigenvalue weighted by atomic mass is 10.2. The van der Waals surface area contributed by atoms with Crippen molar-refractivity contribution in [2.24, 2.45) is 4.99 Å². The third kappa shape index (κ3) is 3.50. The van der Waals surface area contributed by atoms with Crippen LogP contribution in [0.2, 0.25) is 10.0 Å². The summed E-state index contributed by atoms with van der Waals surface area (Å²) in [5, 5.41) is 1.04. The zero-order valence-electron chi connectivity index (χ0n) is 13.8. The molecule has 0 bridgehead atoms. The lowest BCUT2D eigenvalue weighted by molar-refractivity contribution is 0.827. The molecule has 0 aliphatic heterocycles. The third-order valence-electron chi connectivity index (χ3n) is 4.09. The molecule has 4 rings (SSSR count). The van der Waals surface area contributed by atoms with Gasteiger partial charge in [-0.15, -0.1) is 0 Å². The number of hydrogen-bond acceptors (Lipinski definition) is 2. The first kappa shape index (κ1) is 16.8. The van der Waals surface area contributed by atoms with Gasteiger partial charge < -0.3 is 4.57 Å². The number of aromatic nitrogens is 2. The largest absolute Gasteiger partial charge is 0.304 e. The van der Waals surface area contributed by atoms with E-state index in [1.165, 1.54) is 5.56 Å². The van der Waals surface area contributed by atoms with Crippen LogP contribution in [0.5, 0.6) is 0 Å². The molecule has 0 amide bonds. The van der Waals surface area contributed by atoms with Crippen molar-refractivity contribution in [2.75, 3.05) is 0 Å². The average Bonchev–Trinajstić information content (AvgIpc) is 3.01. The van der Waals surface area contributed by atoms with E-state index in [4.69, 9.17) is 23.2 Å². The predicted octanol–water partition coefficient (Wildman–Crippen LogP) is 6.14. The summed E-state index contributed by atoms with van der Waals surface area (Å²) in [6.45, 7) is 0.704. The number of aliphatic imine (C=N–C) groups is 1. The molecule has 0 spiro atoms. The van der Waals surface area contributed by atoms with Gasteiger partial charge >= 0.3 is 0 Å². The van der Waals surface area contributed by atoms with E-state index < -0.39 is 0 Å². The van der Waals surface area contributed by atoms with Gasteiger partial charge in [0.05, 0.1) is 27.6 Å². The summed E-state index contributed by atoms with van der Waals surface area (Å²) in [6, 6.07) is 23.8. The van der Waals surface area contributed by atoms with Crippen molar-refractivity contribution in [1.29, 1.82) is 0 Å². The Morgan fingerprint density at radius 2 is 1.65 bits per heavy atom. The molecule has 0 aliphatic carbocycles. The average molecular weight is 380 g/mol. The molecule has 128 valence electrons. The molecule has 0 N–H and O–H groups in total. The van der Waals surface area contributed by atoms with Crippen molar-refractivity contribution in [2.45, 2.75) is 6.54 Å². The minimum Gasteiger partial charge on any atom is -0.304 e. The number of rotatable bonds is 4. The number of halogens is 2. The third-order valence-corrected chi connectivity index (χ3v) is 4.83. The number of para-hydroxylation sites is 2. The summed E-state index contributed by atoms with van der Waals surface area (Å²) in [7, 11) is 0. The first-order valence-electron chi connectivity index (χ1n) is 8.19. The zero-order valence-corrected chi connectivity index (χ0v) is 15.3. The fourth-order valence-electron chi connectivity index (χ4n) is 2.81. The SMILES string of the molecule is Clc1ccc(/C=N/c2nc3ccccc3n2Cc2ccccc2)cc1Cl. The maximum absolute atomic E-state index is 6.08. The molecule has 0 saturated carbocycles. The number of benzene rings is 3. The molecule has 1 aromatic heterocycles. The highest BCUT2D eigenvalue weighted by molar-refractivity contribution is 6.42. The lowest BCUT2D eigenvalue weighted by Gasteiger charge is -2.06. The van der Waals surface area contributed by atoms with Gasteiger partial charge in [-0.1, -0.05) is 71.7 Å². The van der Waals surface area contributed by atoms with Gasteiger partial charge in [0.15, 0.2) is 0 Å². The standard InChI is InChI=1S/C21H15Cl2N3/c22-17-11-10-16(12-18(17)23)13-24-21-25-19-8-4-5-9-20(19)26(21)14-15-6-2-1-3-7-15/h1-13H,14H2/b24-13+. The number of imidazole rings is 1. The number of nitrogens with zero attached hydrogens (tertiary/aromatic N) is 3. The van der Waals surface area contributed by atoms with Crippen LogP contribution in [0.3, 0.4) is 0 Å². The molecule has 0 aliphatic rings. The normalized spacial score (nSPS) is 11.5. The summed E-state index contributed by atoms with van der Waals surface area (Å²) in [5.41, 5.74) is 4.04. The van der Waals surface area contributed by atoms with Crippen LogP contribution in [0.25, 0.3) is 11.0 Å². The van der Waals surface area contributed by atoms with E-state index in [1.54, 1.807) is 18.3 Å². The van der Waals surface area contributed by atoms with Crippen molar-refractivity contribution in [3.05, 3.63) is 94.0 Å². The van der Waals surface area contributed by atoms with Gasteiger partial charge in [-0.25, -0.2) is 9.98 Å². The Morgan fingerprint density at radius 3 is 2.46 bits per heavy atom. The van der Waals surface area contributed by atoms with Crippen molar-refractivity contribution in [3.63, 3.8) is 0 Å². The Morgan fingerprint density at radius 1 is 0.885 bits per heavy atom.